The maximum Gasteiger partial charge on any atom is 0.460 e. The number of halogens is 9. The molecule has 0 aliphatic carbocycles. The molecule has 0 amide bonds. The largest absolute Gasteiger partial charge is 0.497 e. The molecular formula is C39H63F9O4Si2. The minimum Gasteiger partial charge on any atom is -0.497 e. The molecule has 0 aliphatic rings. The highest BCUT2D eigenvalue weighted by atomic mass is 28.4. The van der Waals surface area contributed by atoms with E-state index >= 15 is 17.6 Å². The van der Waals surface area contributed by atoms with Gasteiger partial charge in [-0.15, -0.1) is 0 Å². The molecule has 15 heteroatoms. The number of alkyl halides is 9. The van der Waals surface area contributed by atoms with Gasteiger partial charge in [0.05, 0.1) is 33.0 Å². The molecule has 0 spiro atoms. The first-order chi connectivity index (χ1) is 24.9. The number of aliphatic hydroxyl groups is 1. The summed E-state index contributed by atoms with van der Waals surface area (Å²) in [7, 11) is -6.55. The molecule has 0 radical (unpaired) electrons. The predicted molar refractivity (Wildman–Crippen MR) is 203 cm³/mol. The van der Waals surface area contributed by atoms with Crippen LogP contribution >= 0.6 is 0 Å². The third-order valence-electron chi connectivity index (χ3n) is 11.4. The molecule has 1 N–H and O–H groups in total. The highest BCUT2D eigenvalue weighted by Gasteiger charge is 2.87. The third-order valence-corrected chi connectivity index (χ3v) is 23.3. The fourth-order valence-electron chi connectivity index (χ4n) is 8.15. The van der Waals surface area contributed by atoms with Crippen molar-refractivity contribution in [2.24, 2.45) is 5.92 Å². The number of allylic oxidation sites excluding steroid dienone is 1. The van der Waals surface area contributed by atoms with Gasteiger partial charge >= 0.3 is 18.0 Å². The van der Waals surface area contributed by atoms with Crippen LogP contribution in [0.3, 0.4) is 0 Å². The van der Waals surface area contributed by atoms with Gasteiger partial charge in [0.25, 0.3) is 5.55 Å². The van der Waals surface area contributed by atoms with Crippen LogP contribution < -0.4 is 4.74 Å². The zero-order chi connectivity index (χ0) is 41.9. The standard InChI is InChI=1S/C39H63F9O4Si2/c1-12-16-31(25-49)19-22-34(52-53(13-2,14-3)15-4)30(10)35(29(9)23-24-51-26-32-17-20-33(50-11)21-18-32)54(27(5)6,28(7)8)39(47,48)37(42,43)36(40,41)38(44,45)46/h17-21,23,27-28,30,34-35,49H,12-16,22,24-26H2,1-11H3/b29-23+,31-19-. The first-order valence-corrected chi connectivity index (χ1v) is 23.7. The summed E-state index contributed by atoms with van der Waals surface area (Å²) in [6.45, 7) is 15.2. The van der Waals surface area contributed by atoms with Gasteiger partial charge in [0.15, 0.2) is 16.4 Å². The average Bonchev–Trinajstić information content (AvgIpc) is 3.10. The lowest BCUT2D eigenvalue weighted by molar-refractivity contribution is -0.384. The van der Waals surface area contributed by atoms with Gasteiger partial charge in [-0.2, -0.15) is 30.7 Å². The van der Waals surface area contributed by atoms with Crippen molar-refractivity contribution in [1.29, 1.82) is 0 Å². The minimum absolute atomic E-state index is 0.0759. The molecule has 0 aromatic heterocycles. The predicted octanol–water partition coefficient (Wildman–Crippen LogP) is 12.9. The van der Waals surface area contributed by atoms with Gasteiger partial charge < -0.3 is 19.0 Å². The zero-order valence-corrected chi connectivity index (χ0v) is 35.8. The van der Waals surface area contributed by atoms with Crippen LogP contribution in [0.4, 0.5) is 39.5 Å². The molecule has 1 aromatic carbocycles. The summed E-state index contributed by atoms with van der Waals surface area (Å²) in [6, 6.07) is 8.83. The molecule has 1 aromatic rings. The van der Waals surface area contributed by atoms with E-state index in [0.717, 1.165) is 5.56 Å². The van der Waals surface area contributed by atoms with Gasteiger partial charge in [-0.1, -0.05) is 98.6 Å². The number of hydrogen-bond acceptors (Lipinski definition) is 4. The van der Waals surface area contributed by atoms with Crippen molar-refractivity contribution in [2.75, 3.05) is 20.3 Å². The van der Waals surface area contributed by atoms with E-state index in [4.69, 9.17) is 13.9 Å². The number of benzene rings is 1. The number of rotatable bonds is 24. The van der Waals surface area contributed by atoms with Crippen LogP contribution in [0.5, 0.6) is 5.75 Å². The lowest BCUT2D eigenvalue weighted by Crippen LogP contribution is -2.74. The Kier molecular flexibility index (Phi) is 19.1. The maximum absolute atomic E-state index is 17.1. The number of ether oxygens (including phenoxy) is 2. The van der Waals surface area contributed by atoms with Gasteiger partial charge in [0.2, 0.25) is 0 Å². The van der Waals surface area contributed by atoms with Gasteiger partial charge in [0.1, 0.15) is 5.75 Å². The summed E-state index contributed by atoms with van der Waals surface area (Å²) < 4.78 is 154. The van der Waals surface area contributed by atoms with Crippen molar-refractivity contribution >= 4 is 16.4 Å². The zero-order valence-electron chi connectivity index (χ0n) is 33.8. The second-order valence-electron chi connectivity index (χ2n) is 15.0. The fourth-order valence-corrected chi connectivity index (χ4v) is 18.4. The molecule has 0 fully saturated rings. The number of hydrogen-bond donors (Lipinski definition) is 1. The molecular weight excluding hydrogens is 760 g/mol. The van der Waals surface area contributed by atoms with Gasteiger partial charge in [-0.05, 0) is 83.7 Å². The topological polar surface area (TPSA) is 47.9 Å². The quantitative estimate of drug-likeness (QED) is 0.0488. The van der Waals surface area contributed by atoms with E-state index in [1.54, 1.807) is 37.3 Å². The van der Waals surface area contributed by atoms with Crippen molar-refractivity contribution in [3.63, 3.8) is 0 Å². The van der Waals surface area contributed by atoms with Crippen LogP contribution in [-0.4, -0.2) is 71.5 Å². The SMILES string of the molecule is CCC/C(=C/CC(O[Si](CC)(CC)CC)C(C)C(/C(C)=C/COCc1ccc(OC)cc1)[Si](C(C)C)(C(C)C)C(F)(F)C(F)(F)C(F)(F)C(F)(F)F)CO. The Morgan fingerprint density at radius 1 is 0.796 bits per heavy atom. The van der Waals surface area contributed by atoms with Gasteiger partial charge in [-0.3, -0.25) is 0 Å². The molecule has 0 heterocycles. The maximum atomic E-state index is 17.1. The van der Waals surface area contributed by atoms with Crippen LogP contribution in [-0.2, 0) is 15.8 Å². The molecule has 0 bridgehead atoms. The minimum atomic E-state index is -7.03. The Bertz CT molecular complexity index is 1310. The normalized spacial score (nSPS) is 16.3. The first-order valence-electron chi connectivity index (χ1n) is 18.9. The van der Waals surface area contributed by atoms with E-state index in [1.165, 1.54) is 47.8 Å². The van der Waals surface area contributed by atoms with Crippen LogP contribution in [0.2, 0.25) is 34.8 Å². The Morgan fingerprint density at radius 3 is 1.72 bits per heavy atom. The van der Waals surface area contributed by atoms with E-state index in [1.807, 2.05) is 27.7 Å². The molecule has 3 atom stereocenters. The summed E-state index contributed by atoms with van der Waals surface area (Å²) in [5.41, 5.74) is -8.64. The monoisotopic (exact) mass is 822 g/mol. The smallest absolute Gasteiger partial charge is 0.460 e. The summed E-state index contributed by atoms with van der Waals surface area (Å²) >= 11 is 0. The van der Waals surface area contributed by atoms with E-state index in [9.17, 15) is 27.1 Å². The molecule has 1 rings (SSSR count). The van der Waals surface area contributed by atoms with Crippen LogP contribution in [0.15, 0.2) is 47.6 Å². The highest BCUT2D eigenvalue weighted by molar-refractivity contribution is 6.86. The lowest BCUT2D eigenvalue weighted by Gasteiger charge is -2.55. The molecule has 314 valence electrons. The molecule has 0 saturated heterocycles. The second kappa shape index (κ2) is 20.6. The fraction of sp³-hybridized carbons (Fsp3) is 0.744. The molecule has 0 aliphatic heterocycles. The van der Waals surface area contributed by atoms with Crippen LogP contribution in [0.25, 0.3) is 0 Å². The molecule has 54 heavy (non-hydrogen) atoms. The molecule has 4 nitrogen and oxygen atoms in total. The van der Waals surface area contributed by atoms with E-state index in [0.29, 0.717) is 42.3 Å². The number of aliphatic hydroxyl groups excluding tert-OH is 1. The van der Waals surface area contributed by atoms with E-state index in [2.05, 4.69) is 0 Å². The Balaban J connectivity index is 4.23. The third kappa shape index (κ3) is 10.6. The lowest BCUT2D eigenvalue weighted by atomic mass is 9.92. The Hall–Kier alpha value is -1.82. The first kappa shape index (κ1) is 50.2. The second-order valence-corrected chi connectivity index (χ2v) is 25.2. The van der Waals surface area contributed by atoms with Gasteiger partial charge in [0, 0.05) is 0 Å². The van der Waals surface area contributed by atoms with Crippen LogP contribution in [0.1, 0.15) is 94.1 Å². The Morgan fingerprint density at radius 2 is 1.31 bits per heavy atom. The molecule has 0 saturated carbocycles. The summed E-state index contributed by atoms with van der Waals surface area (Å²) in [4.78, 5) is 0. The highest BCUT2D eigenvalue weighted by Crippen LogP contribution is 2.65. The summed E-state index contributed by atoms with van der Waals surface area (Å²) in [5.74, 6) is -14.3. The number of methoxy groups -OCH3 is 1. The summed E-state index contributed by atoms with van der Waals surface area (Å²) in [6.07, 6.45) is -3.36. The van der Waals surface area contributed by atoms with Crippen molar-refractivity contribution in [1.82, 2.24) is 0 Å². The average molecular weight is 823 g/mol. The Labute approximate surface area is 319 Å². The summed E-state index contributed by atoms with van der Waals surface area (Å²) in [5, 5.41) is 10.1. The van der Waals surface area contributed by atoms with E-state index in [-0.39, 0.29) is 31.8 Å². The van der Waals surface area contributed by atoms with Crippen LogP contribution in [0, 0.1) is 5.92 Å². The van der Waals surface area contributed by atoms with Crippen molar-refractivity contribution in [3.05, 3.63) is 53.1 Å². The van der Waals surface area contributed by atoms with Crippen molar-refractivity contribution in [3.8, 4) is 5.75 Å². The van der Waals surface area contributed by atoms with Crippen molar-refractivity contribution < 1.29 is 58.5 Å². The van der Waals surface area contributed by atoms with Crippen molar-refractivity contribution in [2.45, 2.75) is 160 Å². The molecule has 3 unspecified atom stereocenters. The van der Waals surface area contributed by atoms with Gasteiger partial charge in [-0.25, -0.2) is 8.78 Å². The van der Waals surface area contributed by atoms with E-state index < -0.39 is 68.6 Å².